The number of aromatic nitrogens is 4. The molecule has 2 heterocycles. The van der Waals surface area contributed by atoms with Gasteiger partial charge in [0.15, 0.2) is 0 Å². The van der Waals surface area contributed by atoms with E-state index in [4.69, 9.17) is 0 Å². The van der Waals surface area contributed by atoms with E-state index in [1.54, 1.807) is 53.2 Å². The lowest BCUT2D eigenvalue weighted by Crippen LogP contribution is -2.29. The van der Waals surface area contributed by atoms with Crippen molar-refractivity contribution in [2.75, 3.05) is 5.32 Å². The molecule has 1 amide bonds. The number of nitrogens with one attached hydrogen (secondary N) is 1. The van der Waals surface area contributed by atoms with Crippen LogP contribution in [0.15, 0.2) is 48.5 Å². The molecule has 10 heteroatoms. The number of imidazole rings is 1. The zero-order valence-electron chi connectivity index (χ0n) is 17.6. The van der Waals surface area contributed by atoms with E-state index in [1.807, 2.05) is 18.4 Å². The van der Waals surface area contributed by atoms with Crippen molar-refractivity contribution in [2.24, 2.45) is 0 Å². The van der Waals surface area contributed by atoms with Gasteiger partial charge in [-0.25, -0.2) is 4.98 Å². The molecule has 0 atom stereocenters. The molecule has 0 saturated carbocycles. The number of rotatable bonds is 6. The predicted octanol–water partition coefficient (Wildman–Crippen LogP) is 1.41. The second-order valence-electron chi connectivity index (χ2n) is 7.39. The van der Waals surface area contributed by atoms with Crippen molar-refractivity contribution >= 4 is 35.5 Å². The van der Waals surface area contributed by atoms with Gasteiger partial charge in [-0.3, -0.25) is 14.8 Å². The third kappa shape index (κ3) is 4.12. The highest BCUT2D eigenvalue weighted by Gasteiger charge is 2.19. The van der Waals surface area contributed by atoms with Crippen LogP contribution < -0.4 is 10.8 Å². The largest absolute Gasteiger partial charge is 0.488 e. The van der Waals surface area contributed by atoms with Crippen LogP contribution in [0.3, 0.4) is 0 Å². The quantitative estimate of drug-likeness (QED) is 0.399. The summed E-state index contributed by atoms with van der Waals surface area (Å²) in [5, 5.41) is 35.1. The van der Waals surface area contributed by atoms with Crippen LogP contribution in [0, 0.1) is 18.3 Å². The lowest BCUT2D eigenvalue weighted by Gasteiger charge is -2.11. The number of carbonyl (C=O) groups is 1. The van der Waals surface area contributed by atoms with Gasteiger partial charge in [0.05, 0.1) is 34.9 Å². The number of anilines is 1. The van der Waals surface area contributed by atoms with Gasteiger partial charge in [0.25, 0.3) is 5.91 Å². The Kier molecular flexibility index (Phi) is 5.77. The summed E-state index contributed by atoms with van der Waals surface area (Å²) in [6, 6.07) is 15.8. The maximum absolute atomic E-state index is 13.0. The van der Waals surface area contributed by atoms with Crippen LogP contribution in [-0.2, 0) is 13.1 Å². The smallest absolute Gasteiger partial charge is 0.423 e. The van der Waals surface area contributed by atoms with E-state index >= 15 is 0 Å². The third-order valence-electron chi connectivity index (χ3n) is 5.16. The van der Waals surface area contributed by atoms with Gasteiger partial charge >= 0.3 is 7.12 Å². The normalized spacial score (nSPS) is 10.8. The van der Waals surface area contributed by atoms with Crippen molar-refractivity contribution in [1.82, 2.24) is 19.3 Å². The van der Waals surface area contributed by atoms with Crippen molar-refractivity contribution in [3.63, 3.8) is 0 Å². The summed E-state index contributed by atoms with van der Waals surface area (Å²) in [6.07, 6.45) is 0. The first-order valence-corrected chi connectivity index (χ1v) is 10.1. The fraction of sp³-hybridized carbons (Fsp3) is 0.182. The molecule has 0 spiro atoms. The number of nitrogens with zero attached hydrogens (tertiary/aromatic N) is 5. The van der Waals surface area contributed by atoms with E-state index in [0.29, 0.717) is 41.3 Å². The molecule has 4 rings (SSSR count). The maximum Gasteiger partial charge on any atom is 0.488 e. The Hall–Kier alpha value is -3.94. The summed E-state index contributed by atoms with van der Waals surface area (Å²) in [6.45, 7) is 4.68. The van der Waals surface area contributed by atoms with Gasteiger partial charge in [0, 0.05) is 6.54 Å². The third-order valence-corrected chi connectivity index (χ3v) is 5.16. The van der Waals surface area contributed by atoms with Crippen molar-refractivity contribution in [2.45, 2.75) is 26.9 Å². The van der Waals surface area contributed by atoms with E-state index in [9.17, 15) is 20.1 Å². The minimum absolute atomic E-state index is 0.330. The zero-order valence-corrected chi connectivity index (χ0v) is 17.6. The molecule has 0 fully saturated rings. The Morgan fingerprint density at radius 2 is 1.94 bits per heavy atom. The fourth-order valence-corrected chi connectivity index (χ4v) is 3.57. The number of amides is 1. The van der Waals surface area contributed by atoms with E-state index < -0.39 is 7.12 Å². The van der Waals surface area contributed by atoms with Gasteiger partial charge in [-0.1, -0.05) is 24.3 Å². The molecule has 2 aromatic heterocycles. The summed E-state index contributed by atoms with van der Waals surface area (Å²) in [4.78, 5) is 17.6. The van der Waals surface area contributed by atoms with Crippen LogP contribution in [-0.4, -0.2) is 42.4 Å². The van der Waals surface area contributed by atoms with Gasteiger partial charge in [-0.05, 0) is 49.1 Å². The zero-order chi connectivity index (χ0) is 22.8. The van der Waals surface area contributed by atoms with Gasteiger partial charge in [-0.2, -0.15) is 10.4 Å². The molecule has 0 saturated heterocycles. The molecule has 0 aliphatic carbocycles. The number of fused-ring (bicyclic) bond motifs is 1. The second-order valence-corrected chi connectivity index (χ2v) is 7.39. The molecule has 0 aliphatic heterocycles. The first-order valence-electron chi connectivity index (χ1n) is 10.1. The Bertz CT molecular complexity index is 1330. The van der Waals surface area contributed by atoms with E-state index in [-0.39, 0.29) is 5.91 Å². The van der Waals surface area contributed by atoms with E-state index in [0.717, 1.165) is 16.8 Å². The average molecular weight is 428 g/mol. The number of hydrogen-bond donors (Lipinski definition) is 3. The molecule has 9 nitrogen and oxygen atoms in total. The Labute approximate surface area is 184 Å². The molecule has 0 radical (unpaired) electrons. The minimum Gasteiger partial charge on any atom is -0.423 e. The molecule has 0 aliphatic rings. The lowest BCUT2D eigenvalue weighted by molar-refractivity contribution is 0.101. The summed E-state index contributed by atoms with van der Waals surface area (Å²) >= 11 is 0. The van der Waals surface area contributed by atoms with Crippen LogP contribution >= 0.6 is 0 Å². The van der Waals surface area contributed by atoms with Crippen LogP contribution in [0.4, 0.5) is 5.95 Å². The van der Waals surface area contributed by atoms with Crippen molar-refractivity contribution in [3.8, 4) is 6.07 Å². The average Bonchev–Trinajstić information content (AvgIpc) is 3.33. The Balaban J connectivity index is 1.73. The molecular weight excluding hydrogens is 407 g/mol. The van der Waals surface area contributed by atoms with Crippen LogP contribution in [0.1, 0.15) is 34.2 Å². The number of nitriles is 1. The van der Waals surface area contributed by atoms with Gasteiger partial charge in [-0.15, -0.1) is 0 Å². The summed E-state index contributed by atoms with van der Waals surface area (Å²) in [5.41, 5.74) is 4.26. The number of benzene rings is 2. The highest BCUT2D eigenvalue weighted by Crippen LogP contribution is 2.23. The fourth-order valence-electron chi connectivity index (χ4n) is 3.57. The van der Waals surface area contributed by atoms with Crippen molar-refractivity contribution in [3.05, 3.63) is 71.0 Å². The minimum atomic E-state index is -1.54. The number of aryl methyl sites for hydroxylation is 2. The predicted molar refractivity (Wildman–Crippen MR) is 120 cm³/mol. The number of carbonyl (C=O) groups excluding carboxylic acids is 1. The molecule has 3 N–H and O–H groups in total. The van der Waals surface area contributed by atoms with Gasteiger partial charge in [0.2, 0.25) is 5.95 Å². The maximum atomic E-state index is 13.0. The topological polar surface area (TPSA) is 129 Å². The van der Waals surface area contributed by atoms with Gasteiger partial charge in [0.1, 0.15) is 5.69 Å². The summed E-state index contributed by atoms with van der Waals surface area (Å²) in [5.74, 6) is 0.0103. The standard InChI is InChI=1S/C22H21BN6O3/c1-3-29-20(10-14(2)27-29)21(30)26-22-25-18-11-16(12-24)6-9-19(18)28(22)13-15-4-7-17(8-5-15)23(31)32/h4-11,31-32H,3,13H2,1-2H3,(H,25,26,30). The van der Waals surface area contributed by atoms with Crippen LogP contribution in [0.5, 0.6) is 0 Å². The summed E-state index contributed by atoms with van der Waals surface area (Å²) < 4.78 is 3.47. The van der Waals surface area contributed by atoms with Crippen molar-refractivity contribution in [1.29, 1.82) is 5.26 Å². The molecule has 4 aromatic rings. The Morgan fingerprint density at radius 3 is 2.59 bits per heavy atom. The van der Waals surface area contributed by atoms with E-state index in [2.05, 4.69) is 21.5 Å². The van der Waals surface area contributed by atoms with Crippen molar-refractivity contribution < 1.29 is 14.8 Å². The highest BCUT2D eigenvalue weighted by atomic mass is 16.4. The van der Waals surface area contributed by atoms with Gasteiger partial charge < -0.3 is 14.6 Å². The molecular formula is C22H21BN6O3. The first-order chi connectivity index (χ1) is 15.4. The summed E-state index contributed by atoms with van der Waals surface area (Å²) in [7, 11) is -1.54. The lowest BCUT2D eigenvalue weighted by atomic mass is 9.80. The van der Waals surface area contributed by atoms with E-state index in [1.165, 1.54) is 0 Å². The van der Waals surface area contributed by atoms with Crippen LogP contribution in [0.2, 0.25) is 0 Å². The number of hydrogen-bond acceptors (Lipinski definition) is 6. The molecule has 160 valence electrons. The molecule has 0 unspecified atom stereocenters. The second kappa shape index (κ2) is 8.67. The molecule has 32 heavy (non-hydrogen) atoms. The first kappa shape index (κ1) is 21.3. The SMILES string of the molecule is CCn1nc(C)cc1C(=O)Nc1nc2cc(C#N)ccc2n1Cc1ccc(B(O)O)cc1. The Morgan fingerprint density at radius 1 is 1.19 bits per heavy atom. The monoisotopic (exact) mass is 428 g/mol. The highest BCUT2D eigenvalue weighted by molar-refractivity contribution is 6.58. The van der Waals surface area contributed by atoms with Crippen LogP contribution in [0.25, 0.3) is 11.0 Å². The molecule has 2 aromatic carbocycles. The molecule has 0 bridgehead atoms.